The third kappa shape index (κ3) is 2.75. The molecule has 0 radical (unpaired) electrons. The smallest absolute Gasteiger partial charge is 0.0489 e. The molecule has 1 N–H and O–H groups in total. The summed E-state index contributed by atoms with van der Waals surface area (Å²) in [6.45, 7) is 4.47. The van der Waals surface area contributed by atoms with Gasteiger partial charge in [0.05, 0.1) is 0 Å². The maximum atomic E-state index is 3.63. The maximum absolute atomic E-state index is 3.63. The summed E-state index contributed by atoms with van der Waals surface area (Å²) < 4.78 is 1.17. The predicted molar refractivity (Wildman–Crippen MR) is 69.3 cm³/mol. The molecule has 82 valence electrons. The number of anilines is 1. The molecule has 0 bridgehead atoms. The topological polar surface area (TPSA) is 12.0 Å². The van der Waals surface area contributed by atoms with Gasteiger partial charge in [-0.3, -0.25) is 0 Å². The van der Waals surface area contributed by atoms with Crippen LogP contribution in [0.4, 0.5) is 5.69 Å². The molecule has 15 heavy (non-hydrogen) atoms. The number of hydrogen-bond acceptors (Lipinski definition) is 1. The molecule has 2 heteroatoms. The second-order valence-corrected chi connectivity index (χ2v) is 5.60. The first-order valence-corrected chi connectivity index (χ1v) is 6.47. The Morgan fingerprint density at radius 3 is 2.80 bits per heavy atom. The van der Waals surface area contributed by atoms with Crippen LogP contribution in [-0.2, 0) is 0 Å². The number of rotatable bonds is 2. The molecule has 1 saturated carbocycles. The van der Waals surface area contributed by atoms with Gasteiger partial charge in [0, 0.05) is 16.2 Å². The van der Waals surface area contributed by atoms with E-state index in [2.05, 4.69) is 53.3 Å². The van der Waals surface area contributed by atoms with E-state index >= 15 is 0 Å². The lowest BCUT2D eigenvalue weighted by molar-refractivity contribution is 0.602. The van der Waals surface area contributed by atoms with Crippen molar-refractivity contribution in [2.24, 2.45) is 5.92 Å². The van der Waals surface area contributed by atoms with Gasteiger partial charge in [-0.05, 0) is 65.7 Å². The van der Waals surface area contributed by atoms with Crippen LogP contribution in [0.25, 0.3) is 0 Å². The predicted octanol–water partition coefficient (Wildman–Crippen LogP) is 4.36. The molecule has 1 aromatic rings. The van der Waals surface area contributed by atoms with Crippen molar-refractivity contribution < 1.29 is 0 Å². The van der Waals surface area contributed by atoms with Gasteiger partial charge in [0.1, 0.15) is 0 Å². The Hall–Kier alpha value is -0.500. The third-order valence-electron chi connectivity index (χ3n) is 3.18. The standard InChI is InChI=1S/C13H18BrN/c1-9-3-5-11(7-9)15-13-8-10(2)4-6-12(13)14/h4,6,8-9,11,15H,3,5,7H2,1-2H3. The van der Waals surface area contributed by atoms with Gasteiger partial charge in [-0.25, -0.2) is 0 Å². The molecule has 2 rings (SSSR count). The van der Waals surface area contributed by atoms with Gasteiger partial charge in [0.15, 0.2) is 0 Å². The summed E-state index contributed by atoms with van der Waals surface area (Å²) in [5.41, 5.74) is 2.56. The third-order valence-corrected chi connectivity index (χ3v) is 3.87. The number of benzene rings is 1. The van der Waals surface area contributed by atoms with Crippen LogP contribution in [-0.4, -0.2) is 6.04 Å². The van der Waals surface area contributed by atoms with E-state index in [9.17, 15) is 0 Å². The molecule has 2 unspecified atom stereocenters. The summed E-state index contributed by atoms with van der Waals surface area (Å²) in [5, 5.41) is 3.63. The molecule has 2 atom stereocenters. The van der Waals surface area contributed by atoms with E-state index in [1.165, 1.54) is 35.0 Å². The average Bonchev–Trinajstić information content (AvgIpc) is 2.58. The van der Waals surface area contributed by atoms with Crippen LogP contribution < -0.4 is 5.32 Å². The average molecular weight is 268 g/mol. The Morgan fingerprint density at radius 1 is 1.33 bits per heavy atom. The van der Waals surface area contributed by atoms with Crippen molar-refractivity contribution >= 4 is 21.6 Å². The molecule has 0 spiro atoms. The summed E-state index contributed by atoms with van der Waals surface area (Å²) in [7, 11) is 0. The Balaban J connectivity index is 2.07. The van der Waals surface area contributed by atoms with E-state index in [1.54, 1.807) is 0 Å². The van der Waals surface area contributed by atoms with Gasteiger partial charge in [-0.2, -0.15) is 0 Å². The van der Waals surface area contributed by atoms with Crippen molar-refractivity contribution in [2.75, 3.05) is 5.32 Å². The molecule has 1 aromatic carbocycles. The highest BCUT2D eigenvalue weighted by atomic mass is 79.9. The fourth-order valence-corrected chi connectivity index (χ4v) is 2.67. The van der Waals surface area contributed by atoms with Crippen LogP contribution in [0.1, 0.15) is 31.7 Å². The Morgan fingerprint density at radius 2 is 2.13 bits per heavy atom. The van der Waals surface area contributed by atoms with Crippen molar-refractivity contribution in [3.05, 3.63) is 28.2 Å². The van der Waals surface area contributed by atoms with Gasteiger partial charge in [0.2, 0.25) is 0 Å². The van der Waals surface area contributed by atoms with Crippen LogP contribution in [0.2, 0.25) is 0 Å². The molecule has 1 nitrogen and oxygen atoms in total. The first kappa shape index (κ1) is 11.0. The molecular weight excluding hydrogens is 250 g/mol. The first-order valence-electron chi connectivity index (χ1n) is 5.68. The number of halogens is 1. The lowest BCUT2D eigenvalue weighted by atomic mass is 10.1. The first-order chi connectivity index (χ1) is 7.15. The van der Waals surface area contributed by atoms with Gasteiger partial charge >= 0.3 is 0 Å². The minimum absolute atomic E-state index is 0.665. The van der Waals surface area contributed by atoms with Crippen LogP contribution in [0, 0.1) is 12.8 Å². The zero-order valence-electron chi connectivity index (χ0n) is 9.39. The van der Waals surface area contributed by atoms with Gasteiger partial charge in [-0.1, -0.05) is 13.0 Å². The lowest BCUT2D eigenvalue weighted by Crippen LogP contribution is -2.15. The summed E-state index contributed by atoms with van der Waals surface area (Å²) >= 11 is 3.59. The highest BCUT2D eigenvalue weighted by molar-refractivity contribution is 9.10. The number of nitrogens with one attached hydrogen (secondary N) is 1. The van der Waals surface area contributed by atoms with E-state index in [0.29, 0.717) is 6.04 Å². The fraction of sp³-hybridized carbons (Fsp3) is 0.538. The van der Waals surface area contributed by atoms with E-state index in [0.717, 1.165) is 5.92 Å². The van der Waals surface area contributed by atoms with Crippen LogP contribution in [0.3, 0.4) is 0 Å². The molecule has 1 aliphatic rings. The minimum atomic E-state index is 0.665. The van der Waals surface area contributed by atoms with Crippen molar-refractivity contribution in [1.82, 2.24) is 0 Å². The molecule has 1 fully saturated rings. The largest absolute Gasteiger partial charge is 0.381 e. The van der Waals surface area contributed by atoms with Crippen molar-refractivity contribution in [3.63, 3.8) is 0 Å². The molecule has 0 amide bonds. The summed E-state index contributed by atoms with van der Waals surface area (Å²) in [4.78, 5) is 0. The molecule has 1 aliphatic carbocycles. The van der Waals surface area contributed by atoms with Crippen LogP contribution in [0.5, 0.6) is 0 Å². The zero-order valence-corrected chi connectivity index (χ0v) is 11.0. The Bertz CT molecular complexity index is 348. The lowest BCUT2D eigenvalue weighted by Gasteiger charge is -2.15. The van der Waals surface area contributed by atoms with E-state index in [1.807, 2.05) is 0 Å². The van der Waals surface area contributed by atoms with Gasteiger partial charge < -0.3 is 5.32 Å². The molecule has 0 aromatic heterocycles. The molecule has 0 saturated heterocycles. The summed E-state index contributed by atoms with van der Waals surface area (Å²) in [6, 6.07) is 7.13. The zero-order chi connectivity index (χ0) is 10.8. The van der Waals surface area contributed by atoms with E-state index in [4.69, 9.17) is 0 Å². The number of hydrogen-bond donors (Lipinski definition) is 1. The molecular formula is C13H18BrN. The van der Waals surface area contributed by atoms with Crippen molar-refractivity contribution in [1.29, 1.82) is 0 Å². The van der Waals surface area contributed by atoms with Gasteiger partial charge in [0.25, 0.3) is 0 Å². The highest BCUT2D eigenvalue weighted by Gasteiger charge is 2.21. The monoisotopic (exact) mass is 267 g/mol. The Labute approximate surface area is 100 Å². The highest BCUT2D eigenvalue weighted by Crippen LogP contribution is 2.30. The second-order valence-electron chi connectivity index (χ2n) is 4.74. The van der Waals surface area contributed by atoms with Crippen LogP contribution in [0.15, 0.2) is 22.7 Å². The summed E-state index contributed by atoms with van der Waals surface area (Å²) in [5.74, 6) is 0.881. The van der Waals surface area contributed by atoms with Crippen LogP contribution >= 0.6 is 15.9 Å². The maximum Gasteiger partial charge on any atom is 0.0489 e. The minimum Gasteiger partial charge on any atom is -0.381 e. The van der Waals surface area contributed by atoms with Crippen molar-refractivity contribution in [2.45, 2.75) is 39.2 Å². The fourth-order valence-electron chi connectivity index (χ4n) is 2.31. The number of aryl methyl sites for hydroxylation is 1. The second kappa shape index (κ2) is 4.56. The van der Waals surface area contributed by atoms with Gasteiger partial charge in [-0.15, -0.1) is 0 Å². The quantitative estimate of drug-likeness (QED) is 0.840. The molecule has 0 aliphatic heterocycles. The molecule has 0 heterocycles. The SMILES string of the molecule is Cc1ccc(Br)c(NC2CCC(C)C2)c1. The Kier molecular flexibility index (Phi) is 3.35. The normalized spacial score (nSPS) is 25.5. The van der Waals surface area contributed by atoms with E-state index in [-0.39, 0.29) is 0 Å². The van der Waals surface area contributed by atoms with Crippen molar-refractivity contribution in [3.8, 4) is 0 Å². The van der Waals surface area contributed by atoms with E-state index < -0.39 is 0 Å². The summed E-state index contributed by atoms with van der Waals surface area (Å²) in [6.07, 6.45) is 3.98.